The van der Waals surface area contributed by atoms with E-state index >= 15 is 0 Å². The Morgan fingerprint density at radius 3 is 2.38 bits per heavy atom. The van der Waals surface area contributed by atoms with Gasteiger partial charge in [0.2, 0.25) is 5.91 Å². The molecule has 116 valence electrons. The molecule has 0 aromatic heterocycles. The van der Waals surface area contributed by atoms with Gasteiger partial charge in [0.25, 0.3) is 0 Å². The highest BCUT2D eigenvalue weighted by Crippen LogP contribution is 2.11. The summed E-state index contributed by atoms with van der Waals surface area (Å²) in [5.74, 6) is -0.775. The van der Waals surface area contributed by atoms with Crippen molar-refractivity contribution < 1.29 is 19.4 Å². The Morgan fingerprint density at radius 2 is 1.86 bits per heavy atom. The smallest absolute Gasteiger partial charge is 0.325 e. The summed E-state index contributed by atoms with van der Waals surface area (Å²) >= 11 is 0. The van der Waals surface area contributed by atoms with Crippen LogP contribution in [0.3, 0.4) is 0 Å². The van der Waals surface area contributed by atoms with Crippen molar-refractivity contribution in [3.63, 3.8) is 0 Å². The normalized spacial score (nSPS) is 12.6. The Labute approximate surface area is 124 Å². The number of esters is 1. The molecule has 0 unspecified atom stereocenters. The third-order valence-corrected chi connectivity index (χ3v) is 2.56. The predicted molar refractivity (Wildman–Crippen MR) is 78.6 cm³/mol. The van der Waals surface area contributed by atoms with Gasteiger partial charge in [-0.15, -0.1) is 0 Å². The minimum absolute atomic E-state index is 0.154. The van der Waals surface area contributed by atoms with Crippen molar-refractivity contribution in [3.05, 3.63) is 29.8 Å². The van der Waals surface area contributed by atoms with E-state index in [4.69, 9.17) is 10.5 Å². The summed E-state index contributed by atoms with van der Waals surface area (Å²) in [5, 5.41) is 11.6. The Balaban J connectivity index is 2.41. The lowest BCUT2D eigenvalue weighted by Crippen LogP contribution is -2.44. The number of nitrogens with one attached hydrogen (secondary N) is 1. The molecule has 0 aliphatic heterocycles. The number of benzene rings is 1. The van der Waals surface area contributed by atoms with E-state index in [1.54, 1.807) is 32.9 Å². The third kappa shape index (κ3) is 6.76. The molecule has 1 rings (SSSR count). The van der Waals surface area contributed by atoms with Crippen molar-refractivity contribution in [3.8, 4) is 5.75 Å². The SMILES string of the molecule is CC(C)(C)OC(=O)CNC(=O)[C@@H](N)Cc1ccc(O)cc1. The summed E-state index contributed by atoms with van der Waals surface area (Å²) < 4.78 is 5.08. The van der Waals surface area contributed by atoms with Gasteiger partial charge in [-0.3, -0.25) is 9.59 Å². The van der Waals surface area contributed by atoms with E-state index in [-0.39, 0.29) is 12.3 Å². The molecule has 0 aliphatic carbocycles. The van der Waals surface area contributed by atoms with Crippen LogP contribution in [0.2, 0.25) is 0 Å². The molecular weight excluding hydrogens is 272 g/mol. The number of carbonyl (C=O) groups is 2. The summed E-state index contributed by atoms with van der Waals surface area (Å²) in [4.78, 5) is 23.3. The fraction of sp³-hybridized carbons (Fsp3) is 0.467. The van der Waals surface area contributed by atoms with Gasteiger partial charge >= 0.3 is 5.97 Å². The Bertz CT molecular complexity index is 491. The molecule has 21 heavy (non-hydrogen) atoms. The van der Waals surface area contributed by atoms with Gasteiger partial charge in [0.15, 0.2) is 0 Å². The maximum atomic E-state index is 11.8. The van der Waals surface area contributed by atoms with Gasteiger partial charge in [-0.1, -0.05) is 12.1 Å². The van der Waals surface area contributed by atoms with Crippen LogP contribution in [0.5, 0.6) is 5.75 Å². The average molecular weight is 294 g/mol. The topological polar surface area (TPSA) is 102 Å². The molecule has 1 amide bonds. The first kappa shape index (κ1) is 17.0. The monoisotopic (exact) mass is 294 g/mol. The van der Waals surface area contributed by atoms with E-state index in [1.807, 2.05) is 0 Å². The molecule has 0 heterocycles. The molecule has 1 aromatic carbocycles. The van der Waals surface area contributed by atoms with Crippen LogP contribution in [-0.4, -0.2) is 35.2 Å². The van der Waals surface area contributed by atoms with Crippen LogP contribution >= 0.6 is 0 Å². The highest BCUT2D eigenvalue weighted by atomic mass is 16.6. The van der Waals surface area contributed by atoms with E-state index < -0.39 is 23.5 Å². The van der Waals surface area contributed by atoms with Crippen LogP contribution in [0.15, 0.2) is 24.3 Å². The Kier molecular flexibility index (Phi) is 5.72. The van der Waals surface area contributed by atoms with Crippen LogP contribution in [0.4, 0.5) is 0 Å². The maximum Gasteiger partial charge on any atom is 0.325 e. The minimum atomic E-state index is -0.767. The van der Waals surface area contributed by atoms with Crippen molar-refractivity contribution in [2.24, 2.45) is 5.73 Å². The van der Waals surface area contributed by atoms with Crippen LogP contribution in [0.1, 0.15) is 26.3 Å². The summed E-state index contributed by atoms with van der Waals surface area (Å²) in [6.45, 7) is 5.05. The van der Waals surface area contributed by atoms with Crippen LogP contribution in [0, 0.1) is 0 Å². The molecule has 6 heteroatoms. The lowest BCUT2D eigenvalue weighted by atomic mass is 10.1. The summed E-state index contributed by atoms with van der Waals surface area (Å²) in [6, 6.07) is 5.67. The zero-order chi connectivity index (χ0) is 16.0. The number of phenolic OH excluding ortho intramolecular Hbond substituents is 1. The molecule has 0 radical (unpaired) electrons. The number of aromatic hydroxyl groups is 1. The molecule has 0 bridgehead atoms. The molecule has 1 atom stereocenters. The van der Waals surface area contributed by atoms with E-state index in [0.717, 1.165) is 5.56 Å². The number of ether oxygens (including phenoxy) is 1. The van der Waals surface area contributed by atoms with Gasteiger partial charge in [-0.05, 0) is 44.9 Å². The molecule has 0 aliphatic rings. The van der Waals surface area contributed by atoms with Crippen LogP contribution < -0.4 is 11.1 Å². The third-order valence-electron chi connectivity index (χ3n) is 2.56. The first-order chi connectivity index (χ1) is 9.67. The molecule has 0 saturated carbocycles. The quantitative estimate of drug-likeness (QED) is 0.695. The average Bonchev–Trinajstić information content (AvgIpc) is 2.36. The van der Waals surface area contributed by atoms with Crippen molar-refractivity contribution in [2.75, 3.05) is 6.54 Å². The zero-order valence-corrected chi connectivity index (χ0v) is 12.6. The van der Waals surface area contributed by atoms with Gasteiger partial charge < -0.3 is 20.9 Å². The maximum absolute atomic E-state index is 11.8. The highest BCUT2D eigenvalue weighted by molar-refractivity contribution is 5.85. The molecule has 0 saturated heterocycles. The second-order valence-corrected chi connectivity index (χ2v) is 5.78. The number of hydrogen-bond acceptors (Lipinski definition) is 5. The van der Waals surface area contributed by atoms with E-state index in [2.05, 4.69) is 5.32 Å². The molecule has 4 N–H and O–H groups in total. The highest BCUT2D eigenvalue weighted by Gasteiger charge is 2.19. The minimum Gasteiger partial charge on any atom is -0.508 e. The van der Waals surface area contributed by atoms with Gasteiger partial charge in [-0.25, -0.2) is 0 Å². The first-order valence-electron chi connectivity index (χ1n) is 6.70. The summed E-state index contributed by atoms with van der Waals surface area (Å²) in [7, 11) is 0. The Morgan fingerprint density at radius 1 is 1.29 bits per heavy atom. The predicted octanol–water partition coefficient (Wildman–Crippen LogP) is 0.720. The summed E-state index contributed by atoms with van der Waals surface area (Å²) in [5.41, 5.74) is 6.01. The number of hydrogen-bond donors (Lipinski definition) is 3. The number of nitrogens with two attached hydrogens (primary N) is 1. The fourth-order valence-corrected chi connectivity index (χ4v) is 1.65. The van der Waals surface area contributed by atoms with Crippen LogP contribution in [-0.2, 0) is 20.7 Å². The number of phenols is 1. The van der Waals surface area contributed by atoms with Gasteiger partial charge in [0, 0.05) is 0 Å². The summed E-state index contributed by atoms with van der Waals surface area (Å²) in [6.07, 6.45) is 0.320. The lowest BCUT2D eigenvalue weighted by Gasteiger charge is -2.20. The number of amides is 1. The first-order valence-corrected chi connectivity index (χ1v) is 6.70. The lowest BCUT2D eigenvalue weighted by molar-refractivity contribution is -0.154. The zero-order valence-electron chi connectivity index (χ0n) is 12.6. The van der Waals surface area contributed by atoms with Crippen molar-refractivity contribution in [1.82, 2.24) is 5.32 Å². The van der Waals surface area contributed by atoms with Gasteiger partial charge in [0.1, 0.15) is 17.9 Å². The Hall–Kier alpha value is -2.08. The largest absolute Gasteiger partial charge is 0.508 e. The number of carbonyl (C=O) groups excluding carboxylic acids is 2. The second-order valence-electron chi connectivity index (χ2n) is 5.78. The van der Waals surface area contributed by atoms with Gasteiger partial charge in [-0.2, -0.15) is 0 Å². The molecule has 6 nitrogen and oxygen atoms in total. The van der Waals surface area contributed by atoms with E-state index in [0.29, 0.717) is 6.42 Å². The van der Waals surface area contributed by atoms with E-state index in [9.17, 15) is 14.7 Å². The van der Waals surface area contributed by atoms with Crippen LogP contribution in [0.25, 0.3) is 0 Å². The molecule has 0 spiro atoms. The molecular formula is C15H22N2O4. The fourth-order valence-electron chi connectivity index (χ4n) is 1.65. The molecule has 0 fully saturated rings. The van der Waals surface area contributed by atoms with Crippen molar-refractivity contribution in [2.45, 2.75) is 38.8 Å². The van der Waals surface area contributed by atoms with Gasteiger partial charge in [0.05, 0.1) is 6.04 Å². The second kappa shape index (κ2) is 7.08. The van der Waals surface area contributed by atoms with Crippen molar-refractivity contribution in [1.29, 1.82) is 0 Å². The standard InChI is InChI=1S/C15H22N2O4/c1-15(2,3)21-13(19)9-17-14(20)12(16)8-10-4-6-11(18)7-5-10/h4-7,12,18H,8-9,16H2,1-3H3,(H,17,20)/t12-/m0/s1. The van der Waals surface area contributed by atoms with Crippen molar-refractivity contribution >= 4 is 11.9 Å². The molecule has 1 aromatic rings. The number of rotatable bonds is 5. The van der Waals surface area contributed by atoms with E-state index in [1.165, 1.54) is 12.1 Å².